The number of carbonyl (C=O) groups is 1. The first-order valence-electron chi connectivity index (χ1n) is 12.5. The van der Waals surface area contributed by atoms with E-state index >= 15 is 0 Å². The number of carbonyl (C=O) groups excluding carboxylic acids is 1. The van der Waals surface area contributed by atoms with Gasteiger partial charge in [-0.3, -0.25) is 9.10 Å². The Morgan fingerprint density at radius 1 is 1.00 bits per heavy atom. The van der Waals surface area contributed by atoms with Gasteiger partial charge in [-0.2, -0.15) is 5.10 Å². The molecule has 0 saturated carbocycles. The highest BCUT2D eigenvalue weighted by Crippen LogP contribution is 2.33. The van der Waals surface area contributed by atoms with Crippen molar-refractivity contribution in [3.05, 3.63) is 105 Å². The number of halogens is 3. The van der Waals surface area contributed by atoms with E-state index in [1.165, 1.54) is 30.5 Å². The summed E-state index contributed by atoms with van der Waals surface area (Å²) in [7, 11) is -4.18. The molecule has 0 radical (unpaired) electrons. The van der Waals surface area contributed by atoms with E-state index in [4.69, 9.17) is 39.5 Å². The lowest BCUT2D eigenvalue weighted by molar-refractivity contribution is -0.119. The van der Waals surface area contributed by atoms with Crippen LogP contribution in [-0.4, -0.2) is 38.3 Å². The van der Waals surface area contributed by atoms with E-state index in [0.29, 0.717) is 33.1 Å². The molecule has 0 atom stereocenters. The molecule has 4 rings (SSSR count). The molecule has 0 spiro atoms. The number of hydrogen-bond acceptors (Lipinski definition) is 5. The lowest BCUT2D eigenvalue weighted by Crippen LogP contribution is -2.39. The predicted molar refractivity (Wildman–Crippen MR) is 165 cm³/mol. The van der Waals surface area contributed by atoms with Crippen molar-refractivity contribution in [3.8, 4) is 11.4 Å². The molecular weight excluding hydrogens is 607 g/mol. The van der Waals surface area contributed by atoms with Crippen LogP contribution in [0.4, 0.5) is 5.69 Å². The minimum atomic E-state index is -4.18. The maximum atomic E-state index is 13.7. The number of para-hydroxylation sites is 2. The van der Waals surface area contributed by atoms with Crippen LogP contribution in [-0.2, 0) is 14.8 Å². The zero-order valence-electron chi connectivity index (χ0n) is 22.4. The number of benzene rings is 3. The molecule has 0 unspecified atom stereocenters. The molecule has 1 amide bonds. The highest BCUT2D eigenvalue weighted by molar-refractivity contribution is 7.92. The fourth-order valence-corrected chi connectivity index (χ4v) is 6.19. The number of hydrogen-bond donors (Lipinski definition) is 1. The molecule has 12 heteroatoms. The van der Waals surface area contributed by atoms with E-state index in [0.717, 1.165) is 21.3 Å². The highest BCUT2D eigenvalue weighted by Gasteiger charge is 2.29. The number of nitrogens with one attached hydrogen (secondary N) is 1. The Labute approximate surface area is 254 Å². The largest absolute Gasteiger partial charge is 0.492 e. The van der Waals surface area contributed by atoms with Crippen molar-refractivity contribution in [3.63, 3.8) is 0 Å². The minimum absolute atomic E-state index is 0.0309. The van der Waals surface area contributed by atoms with Crippen molar-refractivity contribution in [1.29, 1.82) is 0 Å². The summed E-state index contributed by atoms with van der Waals surface area (Å²) in [6.07, 6.45) is 1.49. The van der Waals surface area contributed by atoms with E-state index in [2.05, 4.69) is 10.5 Å². The maximum Gasteiger partial charge on any atom is 0.264 e. The van der Waals surface area contributed by atoms with Gasteiger partial charge in [0.05, 0.1) is 34.1 Å². The van der Waals surface area contributed by atoms with Crippen LogP contribution in [0.25, 0.3) is 5.69 Å². The first-order valence-corrected chi connectivity index (χ1v) is 15.1. The van der Waals surface area contributed by atoms with Gasteiger partial charge in [0, 0.05) is 27.0 Å². The number of aromatic nitrogens is 1. The van der Waals surface area contributed by atoms with Crippen molar-refractivity contribution in [2.45, 2.75) is 25.7 Å². The van der Waals surface area contributed by atoms with E-state index in [9.17, 15) is 13.2 Å². The molecular formula is C29H27Cl3N4O4S. The van der Waals surface area contributed by atoms with Crippen LogP contribution in [0.3, 0.4) is 0 Å². The molecule has 0 fully saturated rings. The zero-order chi connectivity index (χ0) is 29.7. The zero-order valence-corrected chi connectivity index (χ0v) is 25.5. The monoisotopic (exact) mass is 632 g/mol. The summed E-state index contributed by atoms with van der Waals surface area (Å²) in [5.41, 5.74) is 5.80. The fraction of sp³-hybridized carbons (Fsp3) is 0.172. The van der Waals surface area contributed by atoms with Crippen molar-refractivity contribution < 1.29 is 17.9 Å². The first-order chi connectivity index (χ1) is 19.5. The third kappa shape index (κ3) is 6.87. The number of anilines is 1. The molecule has 1 heterocycles. The number of hydrazone groups is 1. The summed E-state index contributed by atoms with van der Waals surface area (Å²) in [5, 5.41) is 5.55. The number of nitrogens with zero attached hydrogens (tertiary/aromatic N) is 3. The van der Waals surface area contributed by atoms with Crippen molar-refractivity contribution in [2.75, 3.05) is 17.5 Å². The Morgan fingerprint density at radius 2 is 1.68 bits per heavy atom. The van der Waals surface area contributed by atoms with Crippen LogP contribution in [0.5, 0.6) is 5.75 Å². The summed E-state index contributed by atoms with van der Waals surface area (Å²) in [6, 6.07) is 19.4. The fourth-order valence-electron chi connectivity index (χ4n) is 4.26. The molecule has 0 saturated heterocycles. The maximum absolute atomic E-state index is 13.7. The average Bonchev–Trinajstić information content (AvgIpc) is 3.21. The molecule has 1 aromatic heterocycles. The quantitative estimate of drug-likeness (QED) is 0.154. The van der Waals surface area contributed by atoms with Gasteiger partial charge < -0.3 is 9.30 Å². The second-order valence-electron chi connectivity index (χ2n) is 8.92. The van der Waals surface area contributed by atoms with Crippen molar-refractivity contribution in [1.82, 2.24) is 9.99 Å². The molecule has 0 aliphatic heterocycles. The number of rotatable bonds is 10. The van der Waals surface area contributed by atoms with Gasteiger partial charge in [-0.05, 0) is 81.4 Å². The Bertz CT molecular complexity index is 1700. The minimum Gasteiger partial charge on any atom is -0.492 e. The van der Waals surface area contributed by atoms with Crippen molar-refractivity contribution in [2.24, 2.45) is 5.10 Å². The summed E-state index contributed by atoms with van der Waals surface area (Å²) >= 11 is 18.6. The lowest BCUT2D eigenvalue weighted by atomic mass is 10.2. The van der Waals surface area contributed by atoms with Crippen molar-refractivity contribution >= 4 is 62.6 Å². The predicted octanol–water partition coefficient (Wildman–Crippen LogP) is 6.80. The number of amides is 1. The van der Waals surface area contributed by atoms with E-state index in [1.54, 1.807) is 49.4 Å². The Morgan fingerprint density at radius 3 is 2.39 bits per heavy atom. The van der Waals surface area contributed by atoms with E-state index in [-0.39, 0.29) is 10.6 Å². The SMILES string of the molecule is CCOc1ccccc1N(CC(=O)N/N=C\c1cc(C)n(-c2cc(Cl)ccc2Cl)c1C)S(=O)(=O)c1ccc(Cl)cc1. The second-order valence-corrected chi connectivity index (χ2v) is 12.1. The smallest absolute Gasteiger partial charge is 0.264 e. The van der Waals surface area contributed by atoms with Gasteiger partial charge >= 0.3 is 0 Å². The normalized spacial score (nSPS) is 11.6. The van der Waals surface area contributed by atoms with Gasteiger partial charge in [0.1, 0.15) is 12.3 Å². The van der Waals surface area contributed by atoms with Crippen LogP contribution < -0.4 is 14.5 Å². The molecule has 4 aromatic rings. The molecule has 0 aliphatic carbocycles. The number of sulfonamides is 1. The number of ether oxygens (including phenoxy) is 1. The molecule has 8 nitrogen and oxygen atoms in total. The number of aryl methyl sites for hydroxylation is 1. The van der Waals surface area contributed by atoms with Gasteiger partial charge in [0.25, 0.3) is 15.9 Å². The van der Waals surface area contributed by atoms with Crippen LogP contribution in [0.2, 0.25) is 15.1 Å². The molecule has 0 bridgehead atoms. The van der Waals surface area contributed by atoms with Crippen LogP contribution in [0.15, 0.2) is 82.8 Å². The Hall–Kier alpha value is -3.50. The lowest BCUT2D eigenvalue weighted by Gasteiger charge is -2.25. The molecule has 1 N–H and O–H groups in total. The average molecular weight is 634 g/mol. The summed E-state index contributed by atoms with van der Waals surface area (Å²) < 4.78 is 36.0. The molecule has 214 valence electrons. The van der Waals surface area contributed by atoms with Gasteiger partial charge in [-0.25, -0.2) is 13.8 Å². The summed E-state index contributed by atoms with van der Waals surface area (Å²) in [6.45, 7) is 5.34. The van der Waals surface area contributed by atoms with Gasteiger partial charge in [0.2, 0.25) is 0 Å². The summed E-state index contributed by atoms with van der Waals surface area (Å²) in [5.74, 6) is -0.340. The van der Waals surface area contributed by atoms with Gasteiger partial charge in [-0.1, -0.05) is 46.9 Å². The van der Waals surface area contributed by atoms with Crippen LogP contribution in [0.1, 0.15) is 23.9 Å². The van der Waals surface area contributed by atoms with Crippen LogP contribution >= 0.6 is 34.8 Å². The molecule has 3 aromatic carbocycles. The third-order valence-corrected chi connectivity index (χ3v) is 8.72. The van der Waals surface area contributed by atoms with Crippen LogP contribution in [0, 0.1) is 13.8 Å². The Kier molecular flexibility index (Phi) is 9.65. The van der Waals surface area contributed by atoms with Gasteiger partial charge in [-0.15, -0.1) is 0 Å². The third-order valence-electron chi connectivity index (χ3n) is 6.13. The van der Waals surface area contributed by atoms with E-state index < -0.39 is 22.5 Å². The Balaban J connectivity index is 1.60. The first kappa shape index (κ1) is 30.5. The topological polar surface area (TPSA) is 93.0 Å². The van der Waals surface area contributed by atoms with E-state index in [1.807, 2.05) is 24.5 Å². The van der Waals surface area contributed by atoms with Gasteiger partial charge in [0.15, 0.2) is 0 Å². The molecule has 0 aliphatic rings. The molecule has 41 heavy (non-hydrogen) atoms. The second kappa shape index (κ2) is 13.0. The summed E-state index contributed by atoms with van der Waals surface area (Å²) in [4.78, 5) is 13.0. The standard InChI is InChI=1S/C29H27Cl3N4O4S/c1-4-40-28-8-6-5-7-26(28)35(41(38,39)24-12-9-22(30)10-13-24)18-29(37)34-33-17-21-15-19(2)36(20(21)3)27-16-23(31)11-14-25(27)32/h5-17H,4,18H2,1-3H3,(H,34,37)/b33-17-. The highest BCUT2D eigenvalue weighted by atomic mass is 35.5.